The van der Waals surface area contributed by atoms with Crippen molar-refractivity contribution in [3.63, 3.8) is 0 Å². The van der Waals surface area contributed by atoms with E-state index in [9.17, 15) is 0 Å². The summed E-state index contributed by atoms with van der Waals surface area (Å²) in [6.45, 7) is 0. The molecule has 0 unspecified atom stereocenters. The van der Waals surface area contributed by atoms with Gasteiger partial charge >= 0.3 is 0 Å². The van der Waals surface area contributed by atoms with Gasteiger partial charge in [-0.25, -0.2) is 4.98 Å². The van der Waals surface area contributed by atoms with Crippen molar-refractivity contribution in [1.82, 2.24) is 19.5 Å². The molecule has 57 heavy (non-hydrogen) atoms. The summed E-state index contributed by atoms with van der Waals surface area (Å²) in [6, 6.07) is 62.7. The van der Waals surface area contributed by atoms with Crippen LogP contribution in [0.5, 0.6) is 0 Å². The molecule has 0 spiro atoms. The fourth-order valence-electron chi connectivity index (χ4n) is 8.36. The summed E-state index contributed by atoms with van der Waals surface area (Å²) in [4.78, 5) is 15.2. The molecule has 0 amide bonds. The Labute approximate surface area is 325 Å². The number of furan rings is 2. The average Bonchev–Trinajstić information content (AvgIpc) is 3.96. The monoisotopic (exact) mass is 730 g/mol. The molecule has 0 bridgehead atoms. The van der Waals surface area contributed by atoms with Crippen LogP contribution in [-0.4, -0.2) is 19.5 Å². The molecule has 0 atom stereocenters. The van der Waals surface area contributed by atoms with Gasteiger partial charge in [0, 0.05) is 49.0 Å². The molecule has 8 aromatic carbocycles. The standard InChI is InChI=1S/C51H30N4O2/c1-2-11-32(12-3-1)49-52-50(54-51(53-49)55-43-18-7-4-13-37(43)38-14-5-8-19-44(38)55)33-23-21-31(22-24-33)34-26-28-46-42(29-34)40-27-25-35(30-47(40)56-46)36-16-10-17-41-39-15-6-9-20-45(39)57-48(36)41/h1-30H. The van der Waals surface area contributed by atoms with Gasteiger partial charge in [-0.05, 0) is 59.2 Å². The minimum atomic E-state index is 0.579. The van der Waals surface area contributed by atoms with E-state index < -0.39 is 0 Å². The molecule has 4 heterocycles. The average molecular weight is 731 g/mol. The summed E-state index contributed by atoms with van der Waals surface area (Å²) in [6.07, 6.45) is 0. The van der Waals surface area contributed by atoms with Crippen LogP contribution in [0.15, 0.2) is 191 Å². The molecule has 0 aliphatic rings. The zero-order valence-electron chi connectivity index (χ0n) is 30.4. The maximum atomic E-state index is 6.44. The Balaban J connectivity index is 0.929. The van der Waals surface area contributed by atoms with E-state index in [1.165, 1.54) is 0 Å². The maximum absolute atomic E-state index is 6.44. The Morgan fingerprint density at radius 1 is 0.333 bits per heavy atom. The van der Waals surface area contributed by atoms with E-state index in [1.807, 2.05) is 48.5 Å². The molecule has 0 saturated heterocycles. The fourth-order valence-corrected chi connectivity index (χ4v) is 8.36. The number of hydrogen-bond donors (Lipinski definition) is 0. The van der Waals surface area contributed by atoms with Gasteiger partial charge < -0.3 is 8.83 Å². The maximum Gasteiger partial charge on any atom is 0.238 e. The number of benzene rings is 8. The minimum absolute atomic E-state index is 0.579. The van der Waals surface area contributed by atoms with Crippen LogP contribution in [0.3, 0.4) is 0 Å². The number of fused-ring (bicyclic) bond motifs is 9. The van der Waals surface area contributed by atoms with Crippen molar-refractivity contribution in [3.8, 4) is 51.0 Å². The van der Waals surface area contributed by atoms with Crippen LogP contribution in [-0.2, 0) is 0 Å². The van der Waals surface area contributed by atoms with Crippen molar-refractivity contribution in [2.24, 2.45) is 0 Å². The van der Waals surface area contributed by atoms with Gasteiger partial charge in [0.25, 0.3) is 0 Å². The molecule has 266 valence electrons. The molecular weight excluding hydrogens is 701 g/mol. The number of aromatic nitrogens is 4. The summed E-state index contributed by atoms with van der Waals surface area (Å²) in [5.74, 6) is 1.81. The summed E-state index contributed by atoms with van der Waals surface area (Å²) in [7, 11) is 0. The summed E-state index contributed by atoms with van der Waals surface area (Å²) < 4.78 is 14.9. The molecule has 6 heteroatoms. The van der Waals surface area contributed by atoms with Gasteiger partial charge in [0.1, 0.15) is 22.3 Å². The molecule has 12 rings (SSSR count). The lowest BCUT2D eigenvalue weighted by atomic mass is 9.99. The first-order valence-corrected chi connectivity index (χ1v) is 19.0. The lowest BCUT2D eigenvalue weighted by molar-refractivity contribution is 0.668. The van der Waals surface area contributed by atoms with E-state index in [4.69, 9.17) is 23.8 Å². The van der Waals surface area contributed by atoms with Crippen molar-refractivity contribution >= 4 is 65.7 Å². The highest BCUT2D eigenvalue weighted by Crippen LogP contribution is 2.39. The predicted molar refractivity (Wildman–Crippen MR) is 230 cm³/mol. The Hall–Kier alpha value is -7.83. The van der Waals surface area contributed by atoms with Crippen molar-refractivity contribution in [1.29, 1.82) is 0 Å². The van der Waals surface area contributed by atoms with Crippen LogP contribution in [0.4, 0.5) is 0 Å². The van der Waals surface area contributed by atoms with E-state index in [2.05, 4.69) is 138 Å². The van der Waals surface area contributed by atoms with Gasteiger partial charge in [0.2, 0.25) is 5.95 Å². The Kier molecular flexibility index (Phi) is 6.83. The third-order valence-electron chi connectivity index (χ3n) is 11.1. The van der Waals surface area contributed by atoms with Gasteiger partial charge in [-0.1, -0.05) is 140 Å². The second-order valence-electron chi connectivity index (χ2n) is 14.4. The Morgan fingerprint density at radius 3 is 1.68 bits per heavy atom. The van der Waals surface area contributed by atoms with Gasteiger partial charge in [0.15, 0.2) is 11.6 Å². The summed E-state index contributed by atoms with van der Waals surface area (Å²) in [5, 5.41) is 6.68. The van der Waals surface area contributed by atoms with E-state index >= 15 is 0 Å². The topological polar surface area (TPSA) is 69.9 Å². The third kappa shape index (κ3) is 5.01. The highest BCUT2D eigenvalue weighted by Gasteiger charge is 2.18. The van der Waals surface area contributed by atoms with Gasteiger partial charge in [-0.15, -0.1) is 0 Å². The fraction of sp³-hybridized carbons (Fsp3) is 0. The number of rotatable bonds is 5. The van der Waals surface area contributed by atoms with Crippen molar-refractivity contribution in [2.45, 2.75) is 0 Å². The van der Waals surface area contributed by atoms with Gasteiger partial charge in [-0.2, -0.15) is 9.97 Å². The van der Waals surface area contributed by atoms with Gasteiger partial charge in [0.05, 0.1) is 11.0 Å². The Morgan fingerprint density at radius 2 is 0.912 bits per heavy atom. The van der Waals surface area contributed by atoms with E-state index in [-0.39, 0.29) is 0 Å². The second-order valence-corrected chi connectivity index (χ2v) is 14.4. The van der Waals surface area contributed by atoms with Crippen LogP contribution < -0.4 is 0 Å². The van der Waals surface area contributed by atoms with E-state index in [0.717, 1.165) is 99.1 Å². The molecule has 0 N–H and O–H groups in total. The first-order valence-electron chi connectivity index (χ1n) is 19.0. The molecule has 0 radical (unpaired) electrons. The van der Waals surface area contributed by atoms with E-state index in [1.54, 1.807) is 0 Å². The van der Waals surface area contributed by atoms with Crippen molar-refractivity contribution in [2.75, 3.05) is 0 Å². The van der Waals surface area contributed by atoms with Crippen molar-refractivity contribution < 1.29 is 8.83 Å². The number of para-hydroxylation sites is 4. The van der Waals surface area contributed by atoms with Crippen LogP contribution in [0.2, 0.25) is 0 Å². The Bertz CT molecular complexity index is 3470. The zero-order valence-corrected chi connectivity index (χ0v) is 30.4. The molecule has 0 saturated carbocycles. The van der Waals surface area contributed by atoms with Gasteiger partial charge in [-0.3, -0.25) is 4.57 Å². The third-order valence-corrected chi connectivity index (χ3v) is 11.1. The normalized spacial score (nSPS) is 11.9. The number of nitrogens with zero attached hydrogens (tertiary/aromatic N) is 4. The van der Waals surface area contributed by atoms with Crippen LogP contribution >= 0.6 is 0 Å². The smallest absolute Gasteiger partial charge is 0.238 e. The lowest BCUT2D eigenvalue weighted by Crippen LogP contribution is -2.06. The SMILES string of the molecule is c1ccc(-c2nc(-c3ccc(-c4ccc5oc6cc(-c7cccc8c7oc7ccccc78)ccc6c5c4)cc3)nc(-n3c4ccccc4c4ccccc43)n2)cc1. The lowest BCUT2D eigenvalue weighted by Gasteiger charge is -2.11. The predicted octanol–water partition coefficient (Wildman–Crippen LogP) is 13.4. The quantitative estimate of drug-likeness (QED) is 0.176. The molecule has 12 aromatic rings. The molecule has 0 aliphatic carbocycles. The minimum Gasteiger partial charge on any atom is -0.456 e. The zero-order chi connectivity index (χ0) is 37.5. The highest BCUT2D eigenvalue weighted by molar-refractivity contribution is 6.12. The van der Waals surface area contributed by atoms with Crippen molar-refractivity contribution in [3.05, 3.63) is 182 Å². The van der Waals surface area contributed by atoms with E-state index in [0.29, 0.717) is 17.6 Å². The number of hydrogen-bond acceptors (Lipinski definition) is 5. The molecule has 0 fully saturated rings. The van der Waals surface area contributed by atoms with Crippen LogP contribution in [0, 0.1) is 0 Å². The summed E-state index contributed by atoms with van der Waals surface area (Å²) >= 11 is 0. The highest BCUT2D eigenvalue weighted by atomic mass is 16.3. The van der Waals surface area contributed by atoms with Crippen LogP contribution in [0.25, 0.3) is 117 Å². The first-order chi connectivity index (χ1) is 28.2. The van der Waals surface area contributed by atoms with Crippen LogP contribution in [0.1, 0.15) is 0 Å². The molecule has 6 nitrogen and oxygen atoms in total. The largest absolute Gasteiger partial charge is 0.456 e. The summed E-state index contributed by atoms with van der Waals surface area (Å²) in [5.41, 5.74) is 11.7. The first kappa shape index (κ1) is 31.5. The molecule has 0 aliphatic heterocycles. The molecule has 4 aromatic heterocycles. The molecular formula is C51H30N4O2. The second kappa shape index (κ2) is 12.3.